The lowest BCUT2D eigenvalue weighted by Crippen LogP contribution is -2.28. The third-order valence-corrected chi connectivity index (χ3v) is 5.33. The van der Waals surface area contributed by atoms with Crippen molar-refractivity contribution in [2.75, 3.05) is 0 Å². The van der Waals surface area contributed by atoms with E-state index in [4.69, 9.17) is 5.73 Å². The van der Waals surface area contributed by atoms with E-state index in [0.29, 0.717) is 0 Å². The van der Waals surface area contributed by atoms with Gasteiger partial charge >= 0.3 is 0 Å². The van der Waals surface area contributed by atoms with Crippen molar-refractivity contribution in [1.29, 1.82) is 0 Å². The zero-order valence-corrected chi connectivity index (χ0v) is 10.2. The molecule has 1 aliphatic heterocycles. The molecule has 9 heteroatoms. The minimum atomic E-state index is -4.26. The number of rotatable bonds is 2. The van der Waals surface area contributed by atoms with Crippen LogP contribution < -0.4 is 5.73 Å². The number of sulfonamides is 1. The van der Waals surface area contributed by atoms with Crippen molar-refractivity contribution in [2.24, 2.45) is 10.1 Å². The molecule has 0 spiro atoms. The molecule has 0 aromatic heterocycles. The molecule has 0 aromatic rings. The van der Waals surface area contributed by atoms with Crippen molar-refractivity contribution in [3.05, 3.63) is 10.6 Å². The molecule has 1 aliphatic rings. The summed E-state index contributed by atoms with van der Waals surface area (Å²) in [6.07, 6.45) is 0.748. The molecule has 0 radical (unpaired) electrons. The maximum Gasteiger partial charge on any atom is 0.292 e. The summed E-state index contributed by atoms with van der Waals surface area (Å²) in [6.45, 7) is 2.54. The van der Waals surface area contributed by atoms with Gasteiger partial charge < -0.3 is 5.73 Å². The number of hydrogen-bond acceptors (Lipinski definition) is 6. The molecular formula is C7H10N2O5S2. The second-order valence-electron chi connectivity index (χ2n) is 3.38. The normalized spacial score (nSPS) is 19.4. The lowest BCUT2D eigenvalue weighted by molar-refractivity contribution is -0.108. The summed E-state index contributed by atoms with van der Waals surface area (Å²) in [5.41, 5.74) is 4.77. The Morgan fingerprint density at radius 1 is 1.44 bits per heavy atom. The van der Waals surface area contributed by atoms with E-state index in [2.05, 4.69) is 4.40 Å². The van der Waals surface area contributed by atoms with Crippen LogP contribution in [0.1, 0.15) is 13.8 Å². The first kappa shape index (κ1) is 12.8. The standard InChI is InChI=1S/C7H10N2O5S2/c1-4(2)15(11,12)7(10)6-5(8)3-9-16(6,13)14/h3-4H,8H2,1-2H3. The Balaban J connectivity index is 3.37. The predicted octanol–water partition coefficient (Wildman–Crippen LogP) is -1.08. The second kappa shape index (κ2) is 3.67. The topological polar surface area (TPSA) is 124 Å². The van der Waals surface area contributed by atoms with Crippen LogP contribution in [-0.2, 0) is 24.7 Å². The van der Waals surface area contributed by atoms with Gasteiger partial charge in [0.25, 0.3) is 15.1 Å². The lowest BCUT2D eigenvalue weighted by atomic mass is 10.4. The Kier molecular flexibility index (Phi) is 2.94. The molecule has 0 saturated heterocycles. The van der Waals surface area contributed by atoms with E-state index in [1.165, 1.54) is 13.8 Å². The molecule has 0 fully saturated rings. The van der Waals surface area contributed by atoms with Crippen LogP contribution in [0, 0.1) is 0 Å². The number of carbonyl (C=O) groups is 1. The average molecular weight is 266 g/mol. The second-order valence-corrected chi connectivity index (χ2v) is 7.35. The summed E-state index contributed by atoms with van der Waals surface area (Å²) >= 11 is 0. The van der Waals surface area contributed by atoms with Crippen LogP contribution in [0.4, 0.5) is 0 Å². The first-order valence-electron chi connectivity index (χ1n) is 4.19. The van der Waals surface area contributed by atoms with Crippen molar-refractivity contribution >= 4 is 31.2 Å². The summed E-state index contributed by atoms with van der Waals surface area (Å²) in [6, 6.07) is 0. The van der Waals surface area contributed by atoms with Crippen LogP contribution in [0.5, 0.6) is 0 Å². The van der Waals surface area contributed by atoms with E-state index in [9.17, 15) is 21.6 Å². The van der Waals surface area contributed by atoms with E-state index in [1.807, 2.05) is 0 Å². The maximum absolute atomic E-state index is 11.5. The fraction of sp³-hybridized carbons (Fsp3) is 0.429. The van der Waals surface area contributed by atoms with Crippen LogP contribution in [-0.4, -0.2) is 33.4 Å². The third-order valence-electron chi connectivity index (χ3n) is 1.92. The highest BCUT2D eigenvalue weighted by Crippen LogP contribution is 2.22. The van der Waals surface area contributed by atoms with Gasteiger partial charge in [-0.3, -0.25) is 4.79 Å². The Hall–Kier alpha value is -1.22. The molecule has 0 aliphatic carbocycles. The number of carbonyl (C=O) groups excluding carboxylic acids is 1. The molecule has 1 heterocycles. The molecule has 7 nitrogen and oxygen atoms in total. The summed E-state index contributed by atoms with van der Waals surface area (Å²) in [7, 11) is -8.46. The van der Waals surface area contributed by atoms with Crippen LogP contribution in [0.25, 0.3) is 0 Å². The molecule has 0 saturated carbocycles. The van der Waals surface area contributed by atoms with E-state index >= 15 is 0 Å². The minimum Gasteiger partial charge on any atom is -0.396 e. The summed E-state index contributed by atoms with van der Waals surface area (Å²) in [5, 5.41) is -2.52. The number of hydrogen-bond donors (Lipinski definition) is 1. The van der Waals surface area contributed by atoms with Gasteiger partial charge in [-0.1, -0.05) is 0 Å². The quantitative estimate of drug-likeness (QED) is 0.678. The van der Waals surface area contributed by atoms with Gasteiger partial charge in [0, 0.05) is 0 Å². The van der Waals surface area contributed by atoms with Gasteiger partial charge in [0.2, 0.25) is 9.84 Å². The number of nitrogens with zero attached hydrogens (tertiary/aromatic N) is 1. The zero-order chi connectivity index (χ0) is 12.7. The van der Waals surface area contributed by atoms with Crippen LogP contribution in [0.2, 0.25) is 0 Å². The molecule has 1 rings (SSSR count). The Bertz CT molecular complexity index is 595. The molecule has 0 aromatic carbocycles. The SMILES string of the molecule is CC(C)S(=O)(=O)C(=O)C1=C(N)C=NS1(=O)=O. The van der Waals surface area contributed by atoms with Crippen LogP contribution >= 0.6 is 0 Å². The molecule has 2 N–H and O–H groups in total. The fourth-order valence-corrected chi connectivity index (χ4v) is 3.34. The first-order chi connectivity index (χ1) is 7.10. The first-order valence-corrected chi connectivity index (χ1v) is 7.17. The van der Waals surface area contributed by atoms with Crippen molar-refractivity contribution in [3.8, 4) is 0 Å². The van der Waals surface area contributed by atoms with Gasteiger partial charge in [-0.2, -0.15) is 12.8 Å². The molecule has 0 unspecified atom stereocenters. The fourth-order valence-electron chi connectivity index (χ4n) is 0.953. The maximum atomic E-state index is 11.5. The summed E-state index contributed by atoms with van der Waals surface area (Å²) in [5.74, 6) is 0. The smallest absolute Gasteiger partial charge is 0.292 e. The largest absolute Gasteiger partial charge is 0.396 e. The van der Waals surface area contributed by atoms with E-state index in [-0.39, 0.29) is 0 Å². The van der Waals surface area contributed by atoms with Crippen molar-refractivity contribution in [3.63, 3.8) is 0 Å². The lowest BCUT2D eigenvalue weighted by Gasteiger charge is -2.06. The van der Waals surface area contributed by atoms with Gasteiger partial charge in [0.15, 0.2) is 4.91 Å². The number of nitrogens with two attached hydrogens (primary N) is 1. The summed E-state index contributed by atoms with van der Waals surface area (Å²) in [4.78, 5) is 10.6. The Morgan fingerprint density at radius 2 is 1.94 bits per heavy atom. The highest BCUT2D eigenvalue weighted by Gasteiger charge is 2.39. The molecule has 90 valence electrons. The predicted molar refractivity (Wildman–Crippen MR) is 57.7 cm³/mol. The van der Waals surface area contributed by atoms with E-state index in [0.717, 1.165) is 6.21 Å². The van der Waals surface area contributed by atoms with E-state index in [1.54, 1.807) is 0 Å². The molecular weight excluding hydrogens is 256 g/mol. The highest BCUT2D eigenvalue weighted by molar-refractivity contribution is 8.10. The van der Waals surface area contributed by atoms with Crippen molar-refractivity contribution < 1.29 is 21.6 Å². The van der Waals surface area contributed by atoms with Crippen molar-refractivity contribution in [1.82, 2.24) is 0 Å². The number of sulfone groups is 1. The van der Waals surface area contributed by atoms with Gasteiger partial charge in [0.05, 0.1) is 17.2 Å². The number of allylic oxidation sites excluding steroid dienone is 1. The molecule has 0 bridgehead atoms. The molecule has 0 atom stereocenters. The van der Waals surface area contributed by atoms with Gasteiger partial charge in [-0.15, -0.1) is 0 Å². The Labute approximate surface area is 93.0 Å². The van der Waals surface area contributed by atoms with Gasteiger partial charge in [-0.05, 0) is 13.8 Å². The monoisotopic (exact) mass is 266 g/mol. The van der Waals surface area contributed by atoms with Crippen LogP contribution in [0.3, 0.4) is 0 Å². The summed E-state index contributed by atoms with van der Waals surface area (Å²) < 4.78 is 48.5. The average Bonchev–Trinajstić information content (AvgIpc) is 2.39. The van der Waals surface area contributed by atoms with Gasteiger partial charge in [0.1, 0.15) is 0 Å². The third kappa shape index (κ3) is 1.87. The van der Waals surface area contributed by atoms with Crippen molar-refractivity contribution in [2.45, 2.75) is 19.1 Å². The molecule has 16 heavy (non-hydrogen) atoms. The minimum absolute atomic E-state index is 0.450. The van der Waals surface area contributed by atoms with E-state index < -0.39 is 40.8 Å². The zero-order valence-electron chi connectivity index (χ0n) is 8.54. The Morgan fingerprint density at radius 3 is 2.25 bits per heavy atom. The van der Waals surface area contributed by atoms with Gasteiger partial charge in [-0.25, -0.2) is 8.42 Å². The highest BCUT2D eigenvalue weighted by atomic mass is 32.2. The molecule has 0 amide bonds. The van der Waals surface area contributed by atoms with Crippen LogP contribution in [0.15, 0.2) is 15.0 Å².